The predicted molar refractivity (Wildman–Crippen MR) is 115 cm³/mol. The number of likely N-dealkylation sites (tertiary alicyclic amines) is 1. The fourth-order valence-corrected chi connectivity index (χ4v) is 4.61. The van der Waals surface area contributed by atoms with Crippen LogP contribution in [-0.4, -0.2) is 56.2 Å². The van der Waals surface area contributed by atoms with E-state index in [1.165, 1.54) is 6.42 Å². The minimum atomic E-state index is 0.0671. The van der Waals surface area contributed by atoms with Crippen LogP contribution in [0.15, 0.2) is 18.2 Å². The quantitative estimate of drug-likeness (QED) is 0.786. The molecule has 6 heteroatoms. The average molecular weight is 398 g/mol. The summed E-state index contributed by atoms with van der Waals surface area (Å²) in [6, 6.07) is 6.00. The lowest BCUT2D eigenvalue weighted by atomic mass is 9.95. The number of carbonyl (C=O) groups excluding carboxylic acids is 1. The Morgan fingerprint density at radius 1 is 1.03 bits per heavy atom. The summed E-state index contributed by atoms with van der Waals surface area (Å²) in [5, 5.41) is 1.03. The zero-order valence-electron chi connectivity index (χ0n) is 17.7. The molecule has 2 aliphatic rings. The van der Waals surface area contributed by atoms with Crippen LogP contribution in [0.25, 0.3) is 10.9 Å². The highest BCUT2D eigenvalue weighted by Crippen LogP contribution is 2.34. The number of piperidine rings is 2. The molecule has 4 rings (SSSR count). The van der Waals surface area contributed by atoms with Crippen LogP contribution in [0.3, 0.4) is 0 Å². The van der Waals surface area contributed by atoms with E-state index in [0.717, 1.165) is 79.9 Å². The number of fused-ring (bicyclic) bond motifs is 1. The molecular weight excluding hydrogens is 366 g/mol. The van der Waals surface area contributed by atoms with E-state index in [4.69, 9.17) is 14.5 Å². The van der Waals surface area contributed by atoms with Crippen molar-refractivity contribution in [3.63, 3.8) is 0 Å². The van der Waals surface area contributed by atoms with E-state index in [0.29, 0.717) is 11.7 Å². The summed E-state index contributed by atoms with van der Waals surface area (Å²) in [4.78, 5) is 22.3. The standard InChI is InChI=1S/C23H31N3O3/c1-16-12-21(24-22-19(16)13-18(28-2)14-20(22)29-3)26-11-7-8-17(15-26)23(27)25-9-5-4-6-10-25/h12-14,17H,4-11,15H2,1-3H3. The van der Waals surface area contributed by atoms with Gasteiger partial charge in [-0.1, -0.05) is 0 Å². The Hall–Kier alpha value is -2.50. The van der Waals surface area contributed by atoms with Gasteiger partial charge < -0.3 is 19.3 Å². The van der Waals surface area contributed by atoms with Crippen molar-refractivity contribution in [2.45, 2.75) is 39.0 Å². The Bertz CT molecular complexity index is 893. The maximum absolute atomic E-state index is 13.0. The summed E-state index contributed by atoms with van der Waals surface area (Å²) in [6.45, 7) is 5.60. The lowest BCUT2D eigenvalue weighted by Crippen LogP contribution is -2.46. The van der Waals surface area contributed by atoms with Gasteiger partial charge in [-0.2, -0.15) is 0 Å². The molecule has 2 aromatic rings. The van der Waals surface area contributed by atoms with Crippen LogP contribution in [0.4, 0.5) is 5.82 Å². The number of benzene rings is 1. The number of aryl methyl sites for hydroxylation is 1. The van der Waals surface area contributed by atoms with E-state index in [2.05, 4.69) is 22.8 Å². The Kier molecular flexibility index (Phi) is 5.79. The minimum Gasteiger partial charge on any atom is -0.497 e. The van der Waals surface area contributed by atoms with E-state index in [1.807, 2.05) is 12.1 Å². The third kappa shape index (κ3) is 3.98. The number of carbonyl (C=O) groups is 1. The number of rotatable bonds is 4. The summed E-state index contributed by atoms with van der Waals surface area (Å²) < 4.78 is 11.0. The van der Waals surface area contributed by atoms with Crippen molar-refractivity contribution in [3.05, 3.63) is 23.8 Å². The van der Waals surface area contributed by atoms with E-state index >= 15 is 0 Å². The van der Waals surface area contributed by atoms with Gasteiger partial charge in [0.2, 0.25) is 5.91 Å². The minimum absolute atomic E-state index is 0.0671. The third-order valence-electron chi connectivity index (χ3n) is 6.26. The molecule has 0 aliphatic carbocycles. The number of amides is 1. The molecule has 1 atom stereocenters. The molecule has 29 heavy (non-hydrogen) atoms. The first-order valence-corrected chi connectivity index (χ1v) is 10.7. The maximum Gasteiger partial charge on any atom is 0.227 e. The van der Waals surface area contributed by atoms with Gasteiger partial charge in [-0.25, -0.2) is 4.98 Å². The van der Waals surface area contributed by atoms with Gasteiger partial charge in [0.1, 0.15) is 22.8 Å². The largest absolute Gasteiger partial charge is 0.497 e. The molecule has 1 aromatic heterocycles. The first-order valence-electron chi connectivity index (χ1n) is 10.7. The molecule has 0 radical (unpaired) electrons. The van der Waals surface area contributed by atoms with Crippen molar-refractivity contribution in [2.75, 3.05) is 45.3 Å². The first kappa shape index (κ1) is 19.8. The highest BCUT2D eigenvalue weighted by molar-refractivity contribution is 5.90. The molecule has 2 saturated heterocycles. The molecule has 156 valence electrons. The fourth-order valence-electron chi connectivity index (χ4n) is 4.61. The van der Waals surface area contributed by atoms with Gasteiger partial charge in [0.15, 0.2) is 0 Å². The van der Waals surface area contributed by atoms with Crippen LogP contribution in [0.2, 0.25) is 0 Å². The van der Waals surface area contributed by atoms with E-state index in [-0.39, 0.29) is 5.92 Å². The maximum atomic E-state index is 13.0. The Morgan fingerprint density at radius 3 is 2.55 bits per heavy atom. The van der Waals surface area contributed by atoms with Gasteiger partial charge in [0.05, 0.1) is 20.1 Å². The van der Waals surface area contributed by atoms with Gasteiger partial charge in [-0.3, -0.25) is 4.79 Å². The van der Waals surface area contributed by atoms with Crippen molar-refractivity contribution >= 4 is 22.6 Å². The molecule has 1 amide bonds. The molecule has 6 nitrogen and oxygen atoms in total. The van der Waals surface area contributed by atoms with Gasteiger partial charge in [0, 0.05) is 37.6 Å². The number of ether oxygens (including phenoxy) is 2. The second-order valence-corrected chi connectivity index (χ2v) is 8.19. The molecule has 2 fully saturated rings. The monoisotopic (exact) mass is 397 g/mol. The van der Waals surface area contributed by atoms with Crippen LogP contribution in [-0.2, 0) is 4.79 Å². The lowest BCUT2D eigenvalue weighted by Gasteiger charge is -2.37. The molecule has 0 spiro atoms. The predicted octanol–water partition coefficient (Wildman–Crippen LogP) is 3.79. The molecule has 1 unspecified atom stereocenters. The smallest absolute Gasteiger partial charge is 0.227 e. The van der Waals surface area contributed by atoms with Crippen molar-refractivity contribution < 1.29 is 14.3 Å². The van der Waals surface area contributed by atoms with Gasteiger partial charge in [-0.05, 0) is 56.7 Å². The Balaban J connectivity index is 1.61. The molecule has 0 bridgehead atoms. The third-order valence-corrected chi connectivity index (χ3v) is 6.26. The summed E-state index contributed by atoms with van der Waals surface area (Å²) >= 11 is 0. The van der Waals surface area contributed by atoms with Gasteiger partial charge in [0.25, 0.3) is 0 Å². The van der Waals surface area contributed by atoms with Crippen molar-refractivity contribution in [1.29, 1.82) is 0 Å². The average Bonchev–Trinajstić information content (AvgIpc) is 2.78. The number of hydrogen-bond acceptors (Lipinski definition) is 5. The van der Waals surface area contributed by atoms with Crippen LogP contribution in [0.5, 0.6) is 11.5 Å². The lowest BCUT2D eigenvalue weighted by molar-refractivity contribution is -0.136. The first-order chi connectivity index (χ1) is 14.1. The van der Waals surface area contributed by atoms with Gasteiger partial charge >= 0.3 is 0 Å². The number of methoxy groups -OCH3 is 2. The van der Waals surface area contributed by atoms with Gasteiger partial charge in [-0.15, -0.1) is 0 Å². The van der Waals surface area contributed by atoms with Crippen LogP contribution in [0.1, 0.15) is 37.7 Å². The molecule has 3 heterocycles. The van der Waals surface area contributed by atoms with Crippen LogP contribution < -0.4 is 14.4 Å². The molecule has 0 saturated carbocycles. The number of aromatic nitrogens is 1. The summed E-state index contributed by atoms with van der Waals surface area (Å²) in [6.07, 6.45) is 5.50. The fraction of sp³-hybridized carbons (Fsp3) is 0.565. The zero-order chi connectivity index (χ0) is 20.4. The zero-order valence-corrected chi connectivity index (χ0v) is 17.7. The number of anilines is 1. The summed E-state index contributed by atoms with van der Waals surface area (Å²) in [7, 11) is 3.32. The van der Waals surface area contributed by atoms with E-state index < -0.39 is 0 Å². The second-order valence-electron chi connectivity index (χ2n) is 8.19. The van der Waals surface area contributed by atoms with Crippen LogP contribution >= 0.6 is 0 Å². The number of nitrogens with zero attached hydrogens (tertiary/aromatic N) is 3. The normalized spacial score (nSPS) is 20.0. The van der Waals surface area contributed by atoms with Crippen LogP contribution in [0, 0.1) is 12.8 Å². The molecular formula is C23H31N3O3. The topological polar surface area (TPSA) is 54.9 Å². The Labute approximate surface area is 172 Å². The Morgan fingerprint density at radius 2 is 1.83 bits per heavy atom. The SMILES string of the molecule is COc1cc(OC)c2nc(N3CCCC(C(=O)N4CCCCC4)C3)cc(C)c2c1. The van der Waals surface area contributed by atoms with Crippen molar-refractivity contribution in [2.24, 2.45) is 5.92 Å². The van der Waals surface area contributed by atoms with E-state index in [1.54, 1.807) is 14.2 Å². The molecule has 0 N–H and O–H groups in total. The number of pyridine rings is 1. The highest BCUT2D eigenvalue weighted by Gasteiger charge is 2.30. The van der Waals surface area contributed by atoms with E-state index in [9.17, 15) is 4.79 Å². The summed E-state index contributed by atoms with van der Waals surface area (Å²) in [5.41, 5.74) is 1.97. The molecule has 1 aromatic carbocycles. The van der Waals surface area contributed by atoms with Crippen molar-refractivity contribution in [3.8, 4) is 11.5 Å². The van der Waals surface area contributed by atoms with Crippen molar-refractivity contribution in [1.82, 2.24) is 9.88 Å². The summed E-state index contributed by atoms with van der Waals surface area (Å²) in [5.74, 6) is 2.79. The number of hydrogen-bond donors (Lipinski definition) is 0. The molecule has 2 aliphatic heterocycles. The second kappa shape index (κ2) is 8.47. The highest BCUT2D eigenvalue weighted by atomic mass is 16.5.